The van der Waals surface area contributed by atoms with Crippen LogP contribution >= 0.6 is 15.9 Å². The highest BCUT2D eigenvalue weighted by atomic mass is 79.9. The maximum atomic E-state index is 13.1. The third kappa shape index (κ3) is 7.46. The zero-order valence-corrected chi connectivity index (χ0v) is 21.5. The van der Waals surface area contributed by atoms with E-state index in [1.165, 1.54) is 24.4 Å². The van der Waals surface area contributed by atoms with E-state index >= 15 is 0 Å². The summed E-state index contributed by atoms with van der Waals surface area (Å²) >= 11 is 3.35. The molecule has 11 heteroatoms. The number of nitrogens with zero attached hydrogens (tertiary/aromatic N) is 1. The Kier molecular flexibility index (Phi) is 9.40. The van der Waals surface area contributed by atoms with Crippen LogP contribution in [0.5, 0.6) is 0 Å². The maximum absolute atomic E-state index is 13.1. The van der Waals surface area contributed by atoms with Crippen molar-refractivity contribution in [2.45, 2.75) is 56.0 Å². The molecule has 5 N–H and O–H groups in total. The number of hydrogen-bond donors (Lipinski definition) is 4. The SMILES string of the molecule is C[C@@H](NC(=O)CC1CCC(NS(=O)(=O)c2cnc(NCCN)c(Br)c2)CC1)c1ccc(F)cc1. The van der Waals surface area contributed by atoms with E-state index in [2.05, 4.69) is 36.3 Å². The second kappa shape index (κ2) is 12.1. The van der Waals surface area contributed by atoms with Crippen LogP contribution in [-0.2, 0) is 14.8 Å². The van der Waals surface area contributed by atoms with E-state index in [0.717, 1.165) is 18.4 Å². The van der Waals surface area contributed by atoms with Crippen molar-refractivity contribution in [3.63, 3.8) is 0 Å². The van der Waals surface area contributed by atoms with E-state index in [-0.39, 0.29) is 34.6 Å². The van der Waals surface area contributed by atoms with Crippen molar-refractivity contribution >= 4 is 37.7 Å². The van der Waals surface area contributed by atoms with Crippen LogP contribution in [0.4, 0.5) is 10.2 Å². The van der Waals surface area contributed by atoms with E-state index in [9.17, 15) is 17.6 Å². The number of halogens is 2. The third-order valence-corrected chi connectivity index (χ3v) is 8.05. The lowest BCUT2D eigenvalue weighted by Gasteiger charge is -2.29. The van der Waals surface area contributed by atoms with E-state index in [1.807, 2.05) is 6.92 Å². The molecule has 1 aromatic carbocycles. The van der Waals surface area contributed by atoms with Crippen molar-refractivity contribution in [1.82, 2.24) is 15.0 Å². The highest BCUT2D eigenvalue weighted by Crippen LogP contribution is 2.29. The topological polar surface area (TPSA) is 126 Å². The van der Waals surface area contributed by atoms with Gasteiger partial charge in [0.15, 0.2) is 0 Å². The first-order chi connectivity index (χ1) is 16.2. The Balaban J connectivity index is 1.47. The molecular weight excluding hydrogens is 525 g/mol. The van der Waals surface area contributed by atoms with Gasteiger partial charge >= 0.3 is 0 Å². The molecule has 1 atom stereocenters. The largest absolute Gasteiger partial charge is 0.368 e. The molecule has 2 aromatic rings. The highest BCUT2D eigenvalue weighted by Gasteiger charge is 2.27. The molecule has 0 saturated heterocycles. The van der Waals surface area contributed by atoms with Crippen molar-refractivity contribution < 1.29 is 17.6 Å². The first-order valence-corrected chi connectivity index (χ1v) is 13.6. The van der Waals surface area contributed by atoms with Gasteiger partial charge < -0.3 is 16.4 Å². The molecule has 1 saturated carbocycles. The predicted molar refractivity (Wildman–Crippen MR) is 133 cm³/mol. The summed E-state index contributed by atoms with van der Waals surface area (Å²) in [5.41, 5.74) is 6.32. The van der Waals surface area contributed by atoms with Crippen LogP contribution in [-0.4, -0.2) is 38.4 Å². The van der Waals surface area contributed by atoms with Crippen molar-refractivity contribution in [1.29, 1.82) is 0 Å². The van der Waals surface area contributed by atoms with Gasteiger partial charge in [-0.2, -0.15) is 0 Å². The van der Waals surface area contributed by atoms with Gasteiger partial charge in [-0.1, -0.05) is 12.1 Å². The lowest BCUT2D eigenvalue weighted by atomic mass is 9.84. The molecule has 0 bridgehead atoms. The molecule has 186 valence electrons. The number of carbonyl (C=O) groups is 1. The van der Waals surface area contributed by atoms with Crippen LogP contribution < -0.4 is 21.1 Å². The minimum absolute atomic E-state index is 0.0554. The van der Waals surface area contributed by atoms with Gasteiger partial charge in [-0.25, -0.2) is 22.5 Å². The molecule has 1 heterocycles. The number of rotatable bonds is 10. The van der Waals surface area contributed by atoms with Crippen LogP contribution in [0, 0.1) is 11.7 Å². The van der Waals surface area contributed by atoms with Crippen molar-refractivity contribution in [3.05, 3.63) is 52.4 Å². The van der Waals surface area contributed by atoms with Gasteiger partial charge in [-0.05, 0) is 78.2 Å². The Morgan fingerprint density at radius 2 is 1.91 bits per heavy atom. The summed E-state index contributed by atoms with van der Waals surface area (Å²) in [4.78, 5) is 16.7. The number of anilines is 1. The van der Waals surface area contributed by atoms with Crippen molar-refractivity contribution in [3.8, 4) is 0 Å². The summed E-state index contributed by atoms with van der Waals surface area (Å²) in [5, 5.41) is 5.98. The Morgan fingerprint density at radius 3 is 2.53 bits per heavy atom. The van der Waals surface area contributed by atoms with Gasteiger partial charge in [-0.15, -0.1) is 0 Å². The average molecular weight is 557 g/mol. The van der Waals surface area contributed by atoms with E-state index in [0.29, 0.717) is 42.6 Å². The summed E-state index contributed by atoms with van der Waals surface area (Å²) < 4.78 is 42.0. The second-order valence-electron chi connectivity index (χ2n) is 8.60. The minimum Gasteiger partial charge on any atom is -0.368 e. The zero-order valence-electron chi connectivity index (χ0n) is 19.1. The van der Waals surface area contributed by atoms with Crippen LogP contribution in [0.3, 0.4) is 0 Å². The Labute approximate surface area is 208 Å². The zero-order chi connectivity index (χ0) is 24.7. The molecule has 0 unspecified atom stereocenters. The number of aromatic nitrogens is 1. The third-order valence-electron chi connectivity index (χ3n) is 5.95. The van der Waals surface area contributed by atoms with E-state index in [4.69, 9.17) is 5.73 Å². The molecule has 1 fully saturated rings. The van der Waals surface area contributed by atoms with Crippen LogP contribution in [0.25, 0.3) is 0 Å². The van der Waals surface area contributed by atoms with Crippen LogP contribution in [0.2, 0.25) is 0 Å². The monoisotopic (exact) mass is 555 g/mol. The smallest absolute Gasteiger partial charge is 0.242 e. The fourth-order valence-electron chi connectivity index (χ4n) is 4.06. The summed E-state index contributed by atoms with van der Waals surface area (Å²) in [6.07, 6.45) is 4.55. The van der Waals surface area contributed by atoms with Gasteiger partial charge in [0.25, 0.3) is 0 Å². The number of carbonyl (C=O) groups excluding carboxylic acids is 1. The van der Waals surface area contributed by atoms with Gasteiger partial charge in [0, 0.05) is 31.7 Å². The normalized spacial score (nSPS) is 19.4. The predicted octanol–water partition coefficient (Wildman–Crippen LogP) is 3.46. The number of hydrogen-bond acceptors (Lipinski definition) is 6. The Bertz CT molecular complexity index is 1080. The van der Waals surface area contributed by atoms with Gasteiger partial charge in [0.05, 0.1) is 10.5 Å². The molecule has 1 amide bonds. The Morgan fingerprint density at radius 1 is 1.24 bits per heavy atom. The average Bonchev–Trinajstić information content (AvgIpc) is 2.79. The van der Waals surface area contributed by atoms with E-state index in [1.54, 1.807) is 12.1 Å². The summed E-state index contributed by atoms with van der Waals surface area (Å²) in [7, 11) is -3.71. The number of amides is 1. The van der Waals surface area contributed by atoms with E-state index < -0.39 is 10.0 Å². The molecule has 1 aliphatic rings. The van der Waals surface area contributed by atoms with Crippen LogP contribution in [0.15, 0.2) is 45.9 Å². The maximum Gasteiger partial charge on any atom is 0.242 e. The fourth-order valence-corrected chi connectivity index (χ4v) is 5.97. The van der Waals surface area contributed by atoms with Gasteiger partial charge in [0.1, 0.15) is 16.5 Å². The molecule has 1 aromatic heterocycles. The lowest BCUT2D eigenvalue weighted by Crippen LogP contribution is -2.38. The molecule has 0 aliphatic heterocycles. The quantitative estimate of drug-likeness (QED) is 0.355. The minimum atomic E-state index is -3.71. The molecular formula is C23H31BrFN5O3S. The van der Waals surface area contributed by atoms with Crippen LogP contribution in [0.1, 0.15) is 50.6 Å². The number of benzene rings is 1. The first-order valence-electron chi connectivity index (χ1n) is 11.3. The van der Waals surface area contributed by atoms with Gasteiger partial charge in [-0.3, -0.25) is 4.79 Å². The number of nitrogens with one attached hydrogen (secondary N) is 3. The number of pyridine rings is 1. The van der Waals surface area contributed by atoms with Gasteiger partial charge in [0.2, 0.25) is 15.9 Å². The number of nitrogens with two attached hydrogens (primary N) is 1. The van der Waals surface area contributed by atoms with Crippen molar-refractivity contribution in [2.75, 3.05) is 18.4 Å². The van der Waals surface area contributed by atoms with Crippen molar-refractivity contribution in [2.24, 2.45) is 11.7 Å². The number of sulfonamides is 1. The molecule has 34 heavy (non-hydrogen) atoms. The lowest BCUT2D eigenvalue weighted by molar-refractivity contribution is -0.122. The highest BCUT2D eigenvalue weighted by molar-refractivity contribution is 9.10. The molecule has 3 rings (SSSR count). The molecule has 0 radical (unpaired) electrons. The standard InChI is InChI=1S/C23H31BrFN5O3S/c1-15(17-4-6-18(25)7-5-17)29-22(31)12-16-2-8-19(9-3-16)30-34(32,33)20-13-21(24)23(28-14-20)27-11-10-26/h4-7,13-16,19,30H,2-3,8-12,26H2,1H3,(H,27,28)(H,29,31)/t15-,16?,19?/m1/s1. The molecule has 1 aliphatic carbocycles. The summed E-state index contributed by atoms with van der Waals surface area (Å²) in [5.74, 6) is 0.372. The summed E-state index contributed by atoms with van der Waals surface area (Å²) in [6.45, 7) is 2.83. The molecule has 8 nitrogen and oxygen atoms in total. The molecule has 0 spiro atoms. The Hall–Kier alpha value is -2.08. The fraction of sp³-hybridized carbons (Fsp3) is 0.478. The second-order valence-corrected chi connectivity index (χ2v) is 11.2. The first kappa shape index (κ1) is 26.5. The summed E-state index contributed by atoms with van der Waals surface area (Å²) in [6, 6.07) is 7.21.